The maximum absolute atomic E-state index is 12.6. The molecule has 0 atom stereocenters. The van der Waals surface area contributed by atoms with Gasteiger partial charge in [-0.2, -0.15) is 0 Å². The number of amides is 1. The quantitative estimate of drug-likeness (QED) is 0.849. The van der Waals surface area contributed by atoms with Crippen LogP contribution in [0.2, 0.25) is 0 Å². The third-order valence-electron chi connectivity index (χ3n) is 3.71. The van der Waals surface area contributed by atoms with E-state index >= 15 is 0 Å². The van der Waals surface area contributed by atoms with E-state index in [0.29, 0.717) is 0 Å². The molecule has 1 aliphatic heterocycles. The molecule has 4 heteroatoms. The van der Waals surface area contributed by atoms with Gasteiger partial charge in [-0.1, -0.05) is 12.1 Å². The van der Waals surface area contributed by atoms with Crippen LogP contribution in [0.5, 0.6) is 0 Å². The number of aryl methyl sites for hydroxylation is 1. The second-order valence-electron chi connectivity index (χ2n) is 5.30. The lowest BCUT2D eigenvalue weighted by Crippen LogP contribution is -2.19. The second kappa shape index (κ2) is 5.90. The lowest BCUT2D eigenvalue weighted by Gasteiger charge is -2.20. The van der Waals surface area contributed by atoms with Crippen molar-refractivity contribution in [3.63, 3.8) is 0 Å². The molecule has 2 aromatic rings. The fourth-order valence-corrected chi connectivity index (χ4v) is 2.99. The van der Waals surface area contributed by atoms with Gasteiger partial charge in [-0.05, 0) is 71.1 Å². The largest absolute Gasteiger partial charge is 0.385 e. The number of halogens is 1. The molecule has 0 aliphatic carbocycles. The summed E-state index contributed by atoms with van der Waals surface area (Å²) < 4.78 is 0.893. The molecule has 1 amide bonds. The van der Waals surface area contributed by atoms with Crippen LogP contribution in [-0.2, 0) is 6.42 Å². The summed E-state index contributed by atoms with van der Waals surface area (Å²) in [6, 6.07) is 11.8. The van der Waals surface area contributed by atoms with Crippen LogP contribution in [0.3, 0.4) is 0 Å². The van der Waals surface area contributed by atoms with Crippen LogP contribution >= 0.6 is 15.9 Å². The third kappa shape index (κ3) is 2.95. The van der Waals surface area contributed by atoms with E-state index in [1.165, 1.54) is 0 Å². The zero-order valence-electron chi connectivity index (χ0n) is 11.9. The molecule has 3 rings (SSSR count). The lowest BCUT2D eigenvalue weighted by molar-refractivity contribution is 0.102. The highest BCUT2D eigenvalue weighted by Crippen LogP contribution is 2.28. The zero-order chi connectivity index (χ0) is 14.8. The van der Waals surface area contributed by atoms with Crippen molar-refractivity contribution in [2.24, 2.45) is 0 Å². The Morgan fingerprint density at radius 2 is 2.14 bits per heavy atom. The number of fused-ring (bicyclic) bond motifs is 1. The number of rotatable bonds is 2. The zero-order valence-corrected chi connectivity index (χ0v) is 13.5. The minimum Gasteiger partial charge on any atom is -0.385 e. The summed E-state index contributed by atoms with van der Waals surface area (Å²) in [5.74, 6) is -0.0538. The molecule has 0 saturated carbocycles. The molecule has 0 aromatic heterocycles. The van der Waals surface area contributed by atoms with E-state index in [1.807, 2.05) is 43.3 Å². The average molecular weight is 345 g/mol. The number of hydrogen-bond acceptors (Lipinski definition) is 2. The molecule has 1 aliphatic rings. The highest BCUT2D eigenvalue weighted by molar-refractivity contribution is 9.10. The van der Waals surface area contributed by atoms with Gasteiger partial charge < -0.3 is 10.6 Å². The standard InChI is InChI=1S/C17H17BrN2O/c1-11-7-8-14(18)16(10-11)20-17(21)13-4-2-6-15-12(13)5-3-9-19-15/h2,4,6-8,10,19H,3,5,9H2,1H3,(H,20,21). The fourth-order valence-electron chi connectivity index (χ4n) is 2.65. The van der Waals surface area contributed by atoms with Crippen molar-refractivity contribution in [1.82, 2.24) is 0 Å². The van der Waals surface area contributed by atoms with Gasteiger partial charge >= 0.3 is 0 Å². The summed E-state index contributed by atoms with van der Waals surface area (Å²) in [6.45, 7) is 2.98. The van der Waals surface area contributed by atoms with Crippen LogP contribution < -0.4 is 10.6 Å². The molecule has 108 valence electrons. The monoisotopic (exact) mass is 344 g/mol. The van der Waals surface area contributed by atoms with Gasteiger partial charge in [0.15, 0.2) is 0 Å². The summed E-state index contributed by atoms with van der Waals surface area (Å²) in [5, 5.41) is 6.36. The number of nitrogens with one attached hydrogen (secondary N) is 2. The van der Waals surface area contributed by atoms with Gasteiger partial charge in [-0.15, -0.1) is 0 Å². The first-order valence-electron chi connectivity index (χ1n) is 7.08. The Bertz CT molecular complexity index is 697. The second-order valence-corrected chi connectivity index (χ2v) is 6.15. The van der Waals surface area contributed by atoms with Gasteiger partial charge in [0.2, 0.25) is 0 Å². The maximum atomic E-state index is 12.6. The molecule has 3 nitrogen and oxygen atoms in total. The summed E-state index contributed by atoms with van der Waals surface area (Å²) in [7, 11) is 0. The molecular formula is C17H17BrN2O. The number of carbonyl (C=O) groups is 1. The van der Waals surface area contributed by atoms with Gasteiger partial charge in [0.25, 0.3) is 5.91 Å². The van der Waals surface area contributed by atoms with Crippen molar-refractivity contribution < 1.29 is 4.79 Å². The smallest absolute Gasteiger partial charge is 0.256 e. The van der Waals surface area contributed by atoms with Crippen LogP contribution in [-0.4, -0.2) is 12.5 Å². The van der Waals surface area contributed by atoms with Gasteiger partial charge in [-0.3, -0.25) is 4.79 Å². The first-order chi connectivity index (χ1) is 10.1. The Morgan fingerprint density at radius 1 is 1.29 bits per heavy atom. The molecule has 21 heavy (non-hydrogen) atoms. The fraction of sp³-hybridized carbons (Fsp3) is 0.235. The van der Waals surface area contributed by atoms with Gasteiger partial charge in [0.1, 0.15) is 0 Å². The Kier molecular flexibility index (Phi) is 3.97. The Labute approximate surface area is 132 Å². The molecule has 0 saturated heterocycles. The van der Waals surface area contributed by atoms with Crippen molar-refractivity contribution in [2.45, 2.75) is 19.8 Å². The minimum absolute atomic E-state index is 0.0538. The van der Waals surface area contributed by atoms with Crippen LogP contribution in [0.25, 0.3) is 0 Å². The van der Waals surface area contributed by atoms with E-state index in [9.17, 15) is 4.79 Å². The number of anilines is 2. The SMILES string of the molecule is Cc1ccc(Br)c(NC(=O)c2cccc3c2CCCN3)c1. The van der Waals surface area contributed by atoms with Gasteiger partial charge in [0, 0.05) is 22.3 Å². The Hall–Kier alpha value is -1.81. The van der Waals surface area contributed by atoms with E-state index in [4.69, 9.17) is 0 Å². The van der Waals surface area contributed by atoms with Gasteiger partial charge in [0.05, 0.1) is 5.69 Å². The molecule has 0 fully saturated rings. The van der Waals surface area contributed by atoms with Crippen LogP contribution in [0.1, 0.15) is 27.9 Å². The normalized spacial score (nSPS) is 13.2. The van der Waals surface area contributed by atoms with E-state index < -0.39 is 0 Å². The van der Waals surface area contributed by atoms with Crippen molar-refractivity contribution in [3.05, 3.63) is 57.6 Å². The highest BCUT2D eigenvalue weighted by atomic mass is 79.9. The van der Waals surface area contributed by atoms with Crippen LogP contribution in [0, 0.1) is 6.92 Å². The minimum atomic E-state index is -0.0538. The predicted octanol–water partition coefficient (Wildman–Crippen LogP) is 4.37. The molecular weight excluding hydrogens is 328 g/mol. The lowest BCUT2D eigenvalue weighted by atomic mass is 9.97. The van der Waals surface area contributed by atoms with Crippen LogP contribution in [0.15, 0.2) is 40.9 Å². The van der Waals surface area contributed by atoms with E-state index in [1.54, 1.807) is 0 Å². The molecule has 0 unspecified atom stereocenters. The maximum Gasteiger partial charge on any atom is 0.256 e. The molecule has 2 aromatic carbocycles. The Morgan fingerprint density at radius 3 is 3.00 bits per heavy atom. The Balaban J connectivity index is 1.91. The summed E-state index contributed by atoms with van der Waals surface area (Å²) in [4.78, 5) is 12.6. The van der Waals surface area contributed by atoms with Gasteiger partial charge in [-0.25, -0.2) is 0 Å². The molecule has 1 heterocycles. The summed E-state index contributed by atoms with van der Waals surface area (Å²) in [5.41, 5.74) is 4.88. The summed E-state index contributed by atoms with van der Waals surface area (Å²) in [6.07, 6.45) is 2.01. The van der Waals surface area contributed by atoms with Crippen molar-refractivity contribution >= 4 is 33.2 Å². The number of benzene rings is 2. The molecule has 0 spiro atoms. The third-order valence-corrected chi connectivity index (χ3v) is 4.40. The van der Waals surface area contributed by atoms with Crippen molar-refractivity contribution in [2.75, 3.05) is 17.2 Å². The first kappa shape index (κ1) is 14.1. The van der Waals surface area contributed by atoms with Crippen molar-refractivity contribution in [1.29, 1.82) is 0 Å². The molecule has 0 radical (unpaired) electrons. The molecule has 0 bridgehead atoms. The molecule has 2 N–H and O–H groups in total. The van der Waals surface area contributed by atoms with Crippen LogP contribution in [0.4, 0.5) is 11.4 Å². The number of hydrogen-bond donors (Lipinski definition) is 2. The average Bonchev–Trinajstić information content (AvgIpc) is 2.50. The highest BCUT2D eigenvalue weighted by Gasteiger charge is 2.17. The number of carbonyl (C=O) groups excluding carboxylic acids is 1. The van der Waals surface area contributed by atoms with E-state index in [-0.39, 0.29) is 5.91 Å². The topological polar surface area (TPSA) is 41.1 Å². The first-order valence-corrected chi connectivity index (χ1v) is 7.88. The predicted molar refractivity (Wildman–Crippen MR) is 90.1 cm³/mol. The van der Waals surface area contributed by atoms with E-state index in [2.05, 4.69) is 26.6 Å². The van der Waals surface area contributed by atoms with E-state index in [0.717, 1.165) is 51.9 Å². The summed E-state index contributed by atoms with van der Waals surface area (Å²) >= 11 is 3.48. The van der Waals surface area contributed by atoms with Crippen molar-refractivity contribution in [3.8, 4) is 0 Å².